The van der Waals surface area contributed by atoms with Crippen molar-refractivity contribution in [3.05, 3.63) is 0 Å². The highest BCUT2D eigenvalue weighted by Crippen LogP contribution is 2.18. The van der Waals surface area contributed by atoms with Crippen LogP contribution in [0.2, 0.25) is 0 Å². The Balaban J connectivity index is 1.81. The summed E-state index contributed by atoms with van der Waals surface area (Å²) in [5.41, 5.74) is 5.65. The van der Waals surface area contributed by atoms with Crippen LogP contribution in [0, 0.1) is 5.92 Å². The zero-order valence-corrected chi connectivity index (χ0v) is 8.78. The van der Waals surface area contributed by atoms with Crippen LogP contribution in [-0.2, 0) is 0 Å². The molecule has 2 N–H and O–H groups in total. The van der Waals surface area contributed by atoms with E-state index in [1.807, 2.05) is 9.80 Å². The van der Waals surface area contributed by atoms with Gasteiger partial charge in [0.15, 0.2) is 0 Å². The van der Waals surface area contributed by atoms with Crippen molar-refractivity contribution >= 4 is 6.03 Å². The molecule has 0 bridgehead atoms. The Labute approximate surface area is 85.0 Å². The van der Waals surface area contributed by atoms with Gasteiger partial charge >= 0.3 is 6.03 Å². The number of amides is 2. The van der Waals surface area contributed by atoms with Gasteiger partial charge in [-0.05, 0) is 18.8 Å². The fraction of sp³-hybridized carbons (Fsp3) is 0.900. The van der Waals surface area contributed by atoms with Gasteiger partial charge in [0.05, 0.1) is 0 Å². The molecule has 0 saturated carbocycles. The number of likely N-dealkylation sites (tertiary alicyclic amines) is 2. The molecule has 4 nitrogen and oxygen atoms in total. The van der Waals surface area contributed by atoms with E-state index in [0.717, 1.165) is 44.9 Å². The molecule has 0 unspecified atom stereocenters. The highest BCUT2D eigenvalue weighted by molar-refractivity contribution is 5.75. The molecule has 2 aliphatic rings. The second kappa shape index (κ2) is 3.77. The highest BCUT2D eigenvalue weighted by Gasteiger charge is 2.31. The van der Waals surface area contributed by atoms with Crippen molar-refractivity contribution in [3.8, 4) is 0 Å². The van der Waals surface area contributed by atoms with E-state index in [9.17, 15) is 4.79 Å². The lowest BCUT2D eigenvalue weighted by Crippen LogP contribution is -2.61. The van der Waals surface area contributed by atoms with Crippen molar-refractivity contribution in [2.45, 2.75) is 25.8 Å². The van der Waals surface area contributed by atoms with E-state index in [1.165, 1.54) is 0 Å². The number of carbonyl (C=O) groups is 1. The number of hydrogen-bond donors (Lipinski definition) is 1. The molecule has 2 amide bonds. The van der Waals surface area contributed by atoms with Crippen molar-refractivity contribution in [2.75, 3.05) is 26.2 Å². The van der Waals surface area contributed by atoms with Crippen molar-refractivity contribution in [1.82, 2.24) is 9.80 Å². The van der Waals surface area contributed by atoms with Crippen molar-refractivity contribution < 1.29 is 4.79 Å². The predicted octanol–water partition coefficient (Wildman–Crippen LogP) is 0.481. The Hall–Kier alpha value is -0.770. The summed E-state index contributed by atoms with van der Waals surface area (Å²) in [6.07, 6.45) is 2.29. The van der Waals surface area contributed by atoms with E-state index in [0.29, 0.717) is 0 Å². The maximum atomic E-state index is 11.8. The molecule has 0 aromatic rings. The first kappa shape index (κ1) is 9.77. The standard InChI is InChI=1S/C10H19N3O/c1-8-2-4-12(5-3-8)10(14)13-6-9(11)7-13/h8-9H,2-7,11H2,1H3. The van der Waals surface area contributed by atoms with Gasteiger partial charge in [-0.3, -0.25) is 0 Å². The van der Waals surface area contributed by atoms with Gasteiger partial charge in [0.2, 0.25) is 0 Å². The summed E-state index contributed by atoms with van der Waals surface area (Å²) in [7, 11) is 0. The van der Waals surface area contributed by atoms with Crippen LogP contribution in [0.1, 0.15) is 19.8 Å². The molecular weight excluding hydrogens is 178 g/mol. The first-order valence-corrected chi connectivity index (χ1v) is 5.46. The molecule has 2 fully saturated rings. The average Bonchev–Trinajstić information content (AvgIpc) is 2.13. The predicted molar refractivity (Wildman–Crippen MR) is 54.9 cm³/mol. The molecule has 4 heteroatoms. The third-order valence-electron chi connectivity index (χ3n) is 3.23. The molecule has 2 saturated heterocycles. The van der Waals surface area contributed by atoms with E-state index in [-0.39, 0.29) is 12.1 Å². The summed E-state index contributed by atoms with van der Waals surface area (Å²) in [5.74, 6) is 0.776. The zero-order valence-electron chi connectivity index (χ0n) is 8.78. The maximum absolute atomic E-state index is 11.8. The fourth-order valence-corrected chi connectivity index (χ4v) is 2.07. The number of nitrogens with two attached hydrogens (primary N) is 1. The number of carbonyl (C=O) groups excluding carboxylic acids is 1. The Kier molecular flexibility index (Phi) is 2.63. The number of nitrogens with zero attached hydrogens (tertiary/aromatic N) is 2. The molecule has 0 aromatic heterocycles. The van der Waals surface area contributed by atoms with Gasteiger partial charge in [-0.25, -0.2) is 4.79 Å². The number of piperidine rings is 1. The molecule has 0 atom stereocenters. The highest BCUT2D eigenvalue weighted by atomic mass is 16.2. The maximum Gasteiger partial charge on any atom is 0.320 e. The van der Waals surface area contributed by atoms with E-state index in [1.54, 1.807) is 0 Å². The summed E-state index contributed by atoms with van der Waals surface area (Å²) in [6.45, 7) is 5.58. The summed E-state index contributed by atoms with van der Waals surface area (Å²) in [4.78, 5) is 15.6. The Bertz CT molecular complexity index is 217. The lowest BCUT2D eigenvalue weighted by molar-refractivity contribution is 0.103. The van der Waals surface area contributed by atoms with Crippen LogP contribution in [0.4, 0.5) is 4.79 Å². The minimum atomic E-state index is 0.193. The van der Waals surface area contributed by atoms with E-state index >= 15 is 0 Å². The van der Waals surface area contributed by atoms with E-state index in [2.05, 4.69) is 6.92 Å². The van der Waals surface area contributed by atoms with Crippen molar-refractivity contribution in [1.29, 1.82) is 0 Å². The molecule has 80 valence electrons. The SMILES string of the molecule is CC1CCN(C(=O)N2CC(N)C2)CC1. The van der Waals surface area contributed by atoms with Crippen LogP contribution < -0.4 is 5.73 Å². The van der Waals surface area contributed by atoms with Gasteiger partial charge in [0, 0.05) is 32.2 Å². The molecule has 2 heterocycles. The second-order valence-electron chi connectivity index (χ2n) is 4.62. The van der Waals surface area contributed by atoms with E-state index < -0.39 is 0 Å². The van der Waals surface area contributed by atoms with E-state index in [4.69, 9.17) is 5.73 Å². The molecular formula is C10H19N3O. The zero-order chi connectivity index (χ0) is 10.1. The normalized spacial score (nSPS) is 25.0. The minimum absolute atomic E-state index is 0.193. The number of rotatable bonds is 0. The van der Waals surface area contributed by atoms with Crippen LogP contribution in [0.15, 0.2) is 0 Å². The molecule has 0 spiro atoms. The van der Waals surface area contributed by atoms with Crippen LogP contribution in [-0.4, -0.2) is 48.1 Å². The third-order valence-corrected chi connectivity index (χ3v) is 3.23. The van der Waals surface area contributed by atoms with Crippen molar-refractivity contribution in [3.63, 3.8) is 0 Å². The topological polar surface area (TPSA) is 49.6 Å². The largest absolute Gasteiger partial charge is 0.325 e. The van der Waals surface area contributed by atoms with Crippen LogP contribution >= 0.6 is 0 Å². The first-order valence-electron chi connectivity index (χ1n) is 5.46. The summed E-state index contributed by atoms with van der Waals surface area (Å²) in [5, 5.41) is 0. The average molecular weight is 197 g/mol. The van der Waals surface area contributed by atoms with Crippen molar-refractivity contribution in [2.24, 2.45) is 11.7 Å². The molecule has 0 aliphatic carbocycles. The number of urea groups is 1. The van der Waals surface area contributed by atoms with Gasteiger partial charge in [-0.15, -0.1) is 0 Å². The second-order valence-corrected chi connectivity index (χ2v) is 4.62. The van der Waals surface area contributed by atoms with Gasteiger partial charge < -0.3 is 15.5 Å². The molecule has 2 rings (SSSR count). The summed E-state index contributed by atoms with van der Waals surface area (Å²) >= 11 is 0. The van der Waals surface area contributed by atoms with Gasteiger partial charge in [0.25, 0.3) is 0 Å². The molecule has 0 radical (unpaired) electrons. The van der Waals surface area contributed by atoms with Gasteiger partial charge in [-0.2, -0.15) is 0 Å². The first-order chi connectivity index (χ1) is 6.66. The van der Waals surface area contributed by atoms with Gasteiger partial charge in [0.1, 0.15) is 0 Å². The summed E-state index contributed by atoms with van der Waals surface area (Å²) in [6, 6.07) is 0.404. The molecule has 0 aromatic carbocycles. The van der Waals surface area contributed by atoms with Crippen LogP contribution in [0.25, 0.3) is 0 Å². The minimum Gasteiger partial charge on any atom is -0.325 e. The van der Waals surface area contributed by atoms with Gasteiger partial charge in [-0.1, -0.05) is 6.92 Å². The Morgan fingerprint density at radius 2 is 1.79 bits per heavy atom. The lowest BCUT2D eigenvalue weighted by atomic mass is 9.99. The summed E-state index contributed by atoms with van der Waals surface area (Å²) < 4.78 is 0. The lowest BCUT2D eigenvalue weighted by Gasteiger charge is -2.41. The Morgan fingerprint density at radius 3 is 2.29 bits per heavy atom. The third kappa shape index (κ3) is 1.85. The molecule has 14 heavy (non-hydrogen) atoms. The fourth-order valence-electron chi connectivity index (χ4n) is 2.07. The van der Waals surface area contributed by atoms with Crippen LogP contribution in [0.3, 0.4) is 0 Å². The number of hydrogen-bond acceptors (Lipinski definition) is 2. The Morgan fingerprint density at radius 1 is 1.21 bits per heavy atom. The smallest absolute Gasteiger partial charge is 0.320 e. The monoisotopic (exact) mass is 197 g/mol. The van der Waals surface area contributed by atoms with Crippen LogP contribution in [0.5, 0.6) is 0 Å². The quantitative estimate of drug-likeness (QED) is 0.614. The molecule has 2 aliphatic heterocycles.